The van der Waals surface area contributed by atoms with Crippen LogP contribution in [0.2, 0.25) is 0 Å². The molecule has 0 bridgehead atoms. The van der Waals surface area contributed by atoms with Crippen molar-refractivity contribution in [3.8, 4) is 0 Å². The second-order valence-electron chi connectivity index (χ2n) is 4.61. The molecule has 0 amide bonds. The maximum absolute atomic E-state index is 6.03. The molecule has 0 aliphatic carbocycles. The van der Waals surface area contributed by atoms with Crippen molar-refractivity contribution in [1.82, 2.24) is 4.90 Å². The fraction of sp³-hybridized carbons (Fsp3) is 0.500. The van der Waals surface area contributed by atoms with Gasteiger partial charge in [-0.15, -0.1) is 0 Å². The zero-order valence-corrected chi connectivity index (χ0v) is 9.48. The van der Waals surface area contributed by atoms with Crippen molar-refractivity contribution in [1.29, 1.82) is 0 Å². The van der Waals surface area contributed by atoms with E-state index in [1.165, 1.54) is 11.3 Å². The highest BCUT2D eigenvalue weighted by Crippen LogP contribution is 2.27. The summed E-state index contributed by atoms with van der Waals surface area (Å²) in [6.45, 7) is 2.05. The Bertz CT molecular complexity index is 335. The van der Waals surface area contributed by atoms with Crippen molar-refractivity contribution < 1.29 is 0 Å². The molecule has 0 saturated heterocycles. The van der Waals surface area contributed by atoms with Gasteiger partial charge in [-0.05, 0) is 38.1 Å². The maximum atomic E-state index is 6.03. The predicted octanol–water partition coefficient (Wildman–Crippen LogP) is 1.10. The summed E-state index contributed by atoms with van der Waals surface area (Å²) in [6.07, 6.45) is 1.14. The summed E-state index contributed by atoms with van der Waals surface area (Å²) in [5.41, 5.74) is 2.56. The Morgan fingerprint density at radius 3 is 2.87 bits per heavy atom. The van der Waals surface area contributed by atoms with Crippen LogP contribution in [-0.4, -0.2) is 32.1 Å². The van der Waals surface area contributed by atoms with Gasteiger partial charge in [-0.3, -0.25) is 0 Å². The molecule has 15 heavy (non-hydrogen) atoms. The summed E-state index contributed by atoms with van der Waals surface area (Å²) >= 11 is 0. The lowest BCUT2D eigenvalue weighted by Gasteiger charge is -2.34. The summed E-state index contributed by atoms with van der Waals surface area (Å²) in [6, 6.07) is 8.41. The number of hydrogen-bond acceptors (Lipinski definition) is 3. The van der Waals surface area contributed by atoms with Crippen molar-refractivity contribution in [3.05, 3.63) is 29.8 Å². The van der Waals surface area contributed by atoms with Gasteiger partial charge in [0.15, 0.2) is 0 Å². The van der Waals surface area contributed by atoms with Crippen molar-refractivity contribution in [2.24, 2.45) is 11.8 Å². The number of hydrogen-bond donors (Lipinski definition) is 1. The minimum atomic E-state index is 0.639. The minimum absolute atomic E-state index is 0.639. The molecule has 1 aromatic rings. The highest BCUT2D eigenvalue weighted by Gasteiger charge is 2.22. The number of rotatable bonds is 2. The van der Waals surface area contributed by atoms with Crippen LogP contribution in [-0.2, 0) is 6.42 Å². The van der Waals surface area contributed by atoms with E-state index in [2.05, 4.69) is 37.2 Å². The molecule has 1 aromatic carbocycles. The van der Waals surface area contributed by atoms with E-state index in [-0.39, 0.29) is 0 Å². The van der Waals surface area contributed by atoms with Crippen LogP contribution in [0.1, 0.15) is 5.56 Å². The van der Waals surface area contributed by atoms with E-state index in [1.807, 2.05) is 11.1 Å². The highest BCUT2D eigenvalue weighted by atomic mass is 15.4. The van der Waals surface area contributed by atoms with Crippen LogP contribution in [0.5, 0.6) is 0 Å². The molecule has 2 N–H and O–H groups in total. The van der Waals surface area contributed by atoms with Crippen LogP contribution in [0.4, 0.5) is 5.69 Å². The Balaban J connectivity index is 2.15. The van der Waals surface area contributed by atoms with Gasteiger partial charge in [-0.2, -0.15) is 0 Å². The van der Waals surface area contributed by atoms with Gasteiger partial charge in [0.05, 0.1) is 5.69 Å². The van der Waals surface area contributed by atoms with Crippen molar-refractivity contribution in [2.75, 3.05) is 32.2 Å². The van der Waals surface area contributed by atoms with E-state index in [9.17, 15) is 0 Å². The van der Waals surface area contributed by atoms with Gasteiger partial charge < -0.3 is 9.91 Å². The fourth-order valence-electron chi connectivity index (χ4n) is 2.35. The molecule has 0 fully saturated rings. The number of fused-ring (bicyclic) bond motifs is 1. The monoisotopic (exact) mass is 205 g/mol. The summed E-state index contributed by atoms with van der Waals surface area (Å²) < 4.78 is 0. The van der Waals surface area contributed by atoms with Crippen molar-refractivity contribution in [3.63, 3.8) is 0 Å². The Labute approximate surface area is 91.4 Å². The van der Waals surface area contributed by atoms with E-state index in [1.54, 1.807) is 0 Å². The third kappa shape index (κ3) is 2.30. The third-order valence-electron chi connectivity index (χ3n) is 2.89. The smallest absolute Gasteiger partial charge is 0.0549 e. The Kier molecular flexibility index (Phi) is 2.93. The Hall–Kier alpha value is -1.06. The Morgan fingerprint density at radius 2 is 2.13 bits per heavy atom. The zero-order valence-electron chi connectivity index (χ0n) is 9.48. The molecule has 3 nitrogen and oxygen atoms in total. The normalized spacial score (nSPS) is 20.5. The lowest BCUT2D eigenvalue weighted by molar-refractivity contribution is 0.318. The number of nitrogens with zero attached hydrogens (tertiary/aromatic N) is 2. The average molecular weight is 205 g/mol. The first-order valence-corrected chi connectivity index (χ1v) is 5.41. The second-order valence-corrected chi connectivity index (χ2v) is 4.61. The molecule has 0 spiro atoms. The van der Waals surface area contributed by atoms with E-state index in [0.29, 0.717) is 5.92 Å². The number of benzene rings is 1. The van der Waals surface area contributed by atoms with Crippen LogP contribution >= 0.6 is 0 Å². The largest absolute Gasteiger partial charge is 0.310 e. The Morgan fingerprint density at radius 1 is 1.40 bits per heavy atom. The standard InChI is InChI=1S/C12H19N3/c1-14(2)8-10-7-11-5-3-4-6-12(11)15(13)9-10/h3-6,10H,7-9,13H2,1-2H3. The lowest BCUT2D eigenvalue weighted by atomic mass is 9.93. The first-order chi connectivity index (χ1) is 7.16. The number of anilines is 1. The molecule has 1 heterocycles. The van der Waals surface area contributed by atoms with E-state index < -0.39 is 0 Å². The highest BCUT2D eigenvalue weighted by molar-refractivity contribution is 5.54. The average Bonchev–Trinajstić information content (AvgIpc) is 2.16. The molecule has 0 aromatic heterocycles. The number of hydrazine groups is 1. The van der Waals surface area contributed by atoms with E-state index >= 15 is 0 Å². The summed E-state index contributed by atoms with van der Waals surface area (Å²) in [7, 11) is 4.22. The van der Waals surface area contributed by atoms with Gasteiger partial charge in [0.1, 0.15) is 0 Å². The quantitative estimate of drug-likeness (QED) is 0.734. The maximum Gasteiger partial charge on any atom is 0.0549 e. The second kappa shape index (κ2) is 4.21. The third-order valence-corrected chi connectivity index (χ3v) is 2.89. The number of para-hydroxylation sites is 1. The molecule has 3 heteroatoms. The number of nitrogens with two attached hydrogens (primary N) is 1. The minimum Gasteiger partial charge on any atom is -0.310 e. The summed E-state index contributed by atoms with van der Waals surface area (Å²) in [5.74, 6) is 6.67. The van der Waals surface area contributed by atoms with Gasteiger partial charge in [0, 0.05) is 13.1 Å². The molecular weight excluding hydrogens is 186 g/mol. The SMILES string of the molecule is CN(C)CC1Cc2ccccc2N(N)C1. The van der Waals surface area contributed by atoms with Crippen LogP contribution in [0.25, 0.3) is 0 Å². The van der Waals surface area contributed by atoms with Gasteiger partial charge in [0.25, 0.3) is 0 Å². The van der Waals surface area contributed by atoms with Crippen molar-refractivity contribution in [2.45, 2.75) is 6.42 Å². The predicted molar refractivity (Wildman–Crippen MR) is 63.7 cm³/mol. The van der Waals surface area contributed by atoms with Gasteiger partial charge in [-0.25, -0.2) is 5.84 Å². The first kappa shape index (κ1) is 10.5. The topological polar surface area (TPSA) is 32.5 Å². The molecular formula is C12H19N3. The molecule has 2 rings (SSSR count). The molecule has 1 aliphatic heterocycles. The zero-order chi connectivity index (χ0) is 10.8. The molecule has 1 aliphatic rings. The van der Waals surface area contributed by atoms with Gasteiger partial charge >= 0.3 is 0 Å². The van der Waals surface area contributed by atoms with Crippen molar-refractivity contribution >= 4 is 5.69 Å². The molecule has 1 atom stereocenters. The molecule has 0 radical (unpaired) electrons. The van der Waals surface area contributed by atoms with Crippen LogP contribution in [0.15, 0.2) is 24.3 Å². The van der Waals surface area contributed by atoms with E-state index in [4.69, 9.17) is 5.84 Å². The fourth-order valence-corrected chi connectivity index (χ4v) is 2.35. The first-order valence-electron chi connectivity index (χ1n) is 5.41. The molecule has 1 unspecified atom stereocenters. The van der Waals surface area contributed by atoms with Gasteiger partial charge in [0.2, 0.25) is 0 Å². The summed E-state index contributed by atoms with van der Waals surface area (Å²) in [5, 5.41) is 1.88. The van der Waals surface area contributed by atoms with Crippen LogP contribution in [0, 0.1) is 5.92 Å². The van der Waals surface area contributed by atoms with Crippen LogP contribution < -0.4 is 10.9 Å². The molecule has 82 valence electrons. The van der Waals surface area contributed by atoms with Gasteiger partial charge in [-0.1, -0.05) is 18.2 Å². The van der Waals surface area contributed by atoms with E-state index in [0.717, 1.165) is 19.5 Å². The summed E-state index contributed by atoms with van der Waals surface area (Å²) in [4.78, 5) is 2.23. The van der Waals surface area contributed by atoms with Crippen LogP contribution in [0.3, 0.4) is 0 Å². The lowest BCUT2D eigenvalue weighted by Crippen LogP contribution is -2.43. The molecule has 0 saturated carbocycles.